The molecule has 1 heterocycles. The Morgan fingerprint density at radius 2 is 1.71 bits per heavy atom. The van der Waals surface area contributed by atoms with Crippen molar-refractivity contribution in [3.63, 3.8) is 0 Å². The molecular formula is C21H27Cl2N3O2+2. The van der Waals surface area contributed by atoms with Gasteiger partial charge in [-0.05, 0) is 37.3 Å². The summed E-state index contributed by atoms with van der Waals surface area (Å²) in [7, 11) is 0. The van der Waals surface area contributed by atoms with E-state index in [1.807, 2.05) is 37.3 Å². The molecule has 1 saturated heterocycles. The van der Waals surface area contributed by atoms with Gasteiger partial charge >= 0.3 is 0 Å². The molecule has 1 atom stereocenters. The standard InChI is InChI=1S/C21H25Cl2N3O2/c1-16(21(27)24-19-14-17(22)13-18(23)15-19)26-9-7-25(8-10-26)11-12-28-20-5-3-2-4-6-20/h2-6,13-16H,7-12H2,1H3,(H,24,27)/p+2/t16-/m1/s1. The van der Waals surface area contributed by atoms with Crippen molar-refractivity contribution >= 4 is 34.8 Å². The molecule has 0 aliphatic carbocycles. The monoisotopic (exact) mass is 423 g/mol. The van der Waals surface area contributed by atoms with E-state index in [1.165, 1.54) is 9.80 Å². The summed E-state index contributed by atoms with van der Waals surface area (Å²) in [6.45, 7) is 7.66. The molecular weight excluding hydrogens is 397 g/mol. The van der Waals surface area contributed by atoms with Crippen LogP contribution in [0.1, 0.15) is 6.92 Å². The van der Waals surface area contributed by atoms with Crippen LogP contribution in [0.3, 0.4) is 0 Å². The van der Waals surface area contributed by atoms with Gasteiger partial charge in [0.25, 0.3) is 5.91 Å². The maximum Gasteiger partial charge on any atom is 0.282 e. The Morgan fingerprint density at radius 3 is 2.36 bits per heavy atom. The molecule has 1 aliphatic rings. The van der Waals surface area contributed by atoms with Crippen LogP contribution in [0.5, 0.6) is 5.75 Å². The minimum absolute atomic E-state index is 0.0100. The first-order chi connectivity index (χ1) is 13.5. The molecule has 150 valence electrons. The van der Waals surface area contributed by atoms with Gasteiger partial charge in [-0.3, -0.25) is 4.79 Å². The minimum Gasteiger partial charge on any atom is -0.488 e. The second-order valence-corrected chi connectivity index (χ2v) is 8.06. The number of nitrogens with one attached hydrogen (secondary N) is 3. The SMILES string of the molecule is C[C@H](C(=O)Nc1cc(Cl)cc(Cl)c1)[NH+]1CC[NH+](CCOc2ccccc2)CC1. The second kappa shape index (κ2) is 10.1. The molecule has 0 saturated carbocycles. The first-order valence-electron chi connectivity index (χ1n) is 9.64. The first kappa shape index (κ1) is 20.9. The highest BCUT2D eigenvalue weighted by Gasteiger charge is 2.31. The molecule has 28 heavy (non-hydrogen) atoms. The van der Waals surface area contributed by atoms with Crippen LogP contribution in [0.15, 0.2) is 48.5 Å². The quantitative estimate of drug-likeness (QED) is 0.626. The number of anilines is 1. The van der Waals surface area contributed by atoms with Crippen LogP contribution in [0.4, 0.5) is 5.69 Å². The van der Waals surface area contributed by atoms with E-state index in [2.05, 4.69) is 5.32 Å². The second-order valence-electron chi connectivity index (χ2n) is 7.19. The molecule has 3 N–H and O–H groups in total. The summed E-state index contributed by atoms with van der Waals surface area (Å²) in [5.74, 6) is 0.904. The fourth-order valence-electron chi connectivity index (χ4n) is 3.50. The van der Waals surface area contributed by atoms with Crippen molar-refractivity contribution < 1.29 is 19.3 Å². The largest absolute Gasteiger partial charge is 0.488 e. The Balaban J connectivity index is 1.41. The van der Waals surface area contributed by atoms with Crippen molar-refractivity contribution in [1.29, 1.82) is 0 Å². The molecule has 7 heteroatoms. The van der Waals surface area contributed by atoms with Gasteiger partial charge < -0.3 is 19.9 Å². The fraction of sp³-hybridized carbons (Fsp3) is 0.381. The van der Waals surface area contributed by atoms with Crippen LogP contribution in [-0.2, 0) is 4.79 Å². The Labute approximate surface area is 176 Å². The summed E-state index contributed by atoms with van der Waals surface area (Å²) < 4.78 is 5.79. The van der Waals surface area contributed by atoms with E-state index in [-0.39, 0.29) is 11.9 Å². The van der Waals surface area contributed by atoms with Gasteiger partial charge in [0.15, 0.2) is 6.04 Å². The van der Waals surface area contributed by atoms with Gasteiger partial charge in [-0.2, -0.15) is 0 Å². The highest BCUT2D eigenvalue weighted by molar-refractivity contribution is 6.35. The van der Waals surface area contributed by atoms with Gasteiger partial charge in [0.1, 0.15) is 45.1 Å². The predicted molar refractivity (Wildman–Crippen MR) is 113 cm³/mol. The van der Waals surface area contributed by atoms with Crippen molar-refractivity contribution in [3.05, 3.63) is 58.6 Å². The van der Waals surface area contributed by atoms with E-state index in [4.69, 9.17) is 27.9 Å². The zero-order chi connectivity index (χ0) is 19.9. The van der Waals surface area contributed by atoms with Crippen molar-refractivity contribution in [2.24, 2.45) is 0 Å². The number of hydrogen-bond donors (Lipinski definition) is 3. The highest BCUT2D eigenvalue weighted by Crippen LogP contribution is 2.22. The molecule has 1 aliphatic heterocycles. The highest BCUT2D eigenvalue weighted by atomic mass is 35.5. The summed E-state index contributed by atoms with van der Waals surface area (Å²) in [5.41, 5.74) is 0.635. The van der Waals surface area contributed by atoms with Crippen LogP contribution in [0.25, 0.3) is 0 Å². The molecule has 0 aromatic heterocycles. The molecule has 1 amide bonds. The van der Waals surface area contributed by atoms with Gasteiger partial charge in [-0.1, -0.05) is 41.4 Å². The number of benzene rings is 2. The number of piperazine rings is 1. The number of para-hydroxylation sites is 1. The van der Waals surface area contributed by atoms with Crippen LogP contribution in [-0.4, -0.2) is 51.3 Å². The van der Waals surface area contributed by atoms with Gasteiger partial charge in [-0.15, -0.1) is 0 Å². The number of ether oxygens (including phenoxy) is 1. The Hall–Kier alpha value is -1.79. The van der Waals surface area contributed by atoms with Crippen molar-refractivity contribution in [3.8, 4) is 5.75 Å². The van der Waals surface area contributed by atoms with Crippen LogP contribution in [0, 0.1) is 0 Å². The third kappa shape index (κ3) is 6.11. The number of rotatable bonds is 7. The summed E-state index contributed by atoms with van der Waals surface area (Å²) in [6, 6.07) is 14.8. The van der Waals surface area contributed by atoms with Gasteiger partial charge in [0, 0.05) is 15.7 Å². The van der Waals surface area contributed by atoms with Crippen molar-refractivity contribution in [2.75, 3.05) is 44.6 Å². The maximum absolute atomic E-state index is 12.6. The smallest absolute Gasteiger partial charge is 0.282 e. The van der Waals surface area contributed by atoms with Crippen molar-refractivity contribution in [1.82, 2.24) is 0 Å². The number of amides is 1. The maximum atomic E-state index is 12.6. The number of carbonyl (C=O) groups excluding carboxylic acids is 1. The van der Waals surface area contributed by atoms with Gasteiger partial charge in [0.05, 0.1) is 0 Å². The van der Waals surface area contributed by atoms with E-state index in [1.54, 1.807) is 18.2 Å². The van der Waals surface area contributed by atoms with E-state index < -0.39 is 0 Å². The molecule has 0 bridgehead atoms. The van der Waals surface area contributed by atoms with Crippen LogP contribution < -0.4 is 19.9 Å². The number of quaternary nitrogens is 2. The molecule has 2 aromatic carbocycles. The van der Waals surface area contributed by atoms with E-state index >= 15 is 0 Å². The minimum atomic E-state index is -0.125. The Kier molecular flexibility index (Phi) is 7.57. The van der Waals surface area contributed by atoms with E-state index in [9.17, 15) is 4.79 Å². The summed E-state index contributed by atoms with van der Waals surface area (Å²) in [5, 5.41) is 3.95. The van der Waals surface area contributed by atoms with Gasteiger partial charge in [-0.25, -0.2) is 0 Å². The third-order valence-corrected chi connectivity index (χ3v) is 5.64. The molecule has 5 nitrogen and oxygen atoms in total. The third-order valence-electron chi connectivity index (χ3n) is 5.20. The molecule has 0 radical (unpaired) electrons. The lowest BCUT2D eigenvalue weighted by Crippen LogP contribution is -3.30. The molecule has 3 rings (SSSR count). The average Bonchev–Trinajstić information content (AvgIpc) is 2.68. The lowest BCUT2D eigenvalue weighted by atomic mass is 10.2. The molecule has 0 unspecified atom stereocenters. The zero-order valence-electron chi connectivity index (χ0n) is 16.0. The molecule has 1 fully saturated rings. The Morgan fingerprint density at radius 1 is 1.07 bits per heavy atom. The predicted octanol–water partition coefficient (Wildman–Crippen LogP) is 1.18. The number of halogens is 2. The Bertz CT molecular complexity index is 760. The molecule has 2 aromatic rings. The lowest BCUT2D eigenvalue weighted by molar-refractivity contribution is -1.02. The fourth-order valence-corrected chi connectivity index (χ4v) is 4.03. The molecule has 0 spiro atoms. The summed E-state index contributed by atoms with van der Waals surface area (Å²) in [4.78, 5) is 15.4. The summed E-state index contributed by atoms with van der Waals surface area (Å²) >= 11 is 12.0. The zero-order valence-corrected chi connectivity index (χ0v) is 17.5. The van der Waals surface area contributed by atoms with Crippen LogP contribution >= 0.6 is 23.2 Å². The van der Waals surface area contributed by atoms with Crippen molar-refractivity contribution in [2.45, 2.75) is 13.0 Å². The average molecular weight is 424 g/mol. The number of hydrogen-bond acceptors (Lipinski definition) is 2. The summed E-state index contributed by atoms with van der Waals surface area (Å²) in [6.07, 6.45) is 0. The van der Waals surface area contributed by atoms with E-state index in [0.717, 1.165) is 38.5 Å². The normalized spacial score (nSPS) is 20.4. The van der Waals surface area contributed by atoms with E-state index in [0.29, 0.717) is 22.3 Å². The number of carbonyl (C=O) groups is 1. The first-order valence-corrected chi connectivity index (χ1v) is 10.4. The topological polar surface area (TPSA) is 47.2 Å². The van der Waals surface area contributed by atoms with Gasteiger partial charge in [0.2, 0.25) is 0 Å². The lowest BCUT2D eigenvalue weighted by Gasteiger charge is -2.32. The van der Waals surface area contributed by atoms with Crippen LogP contribution in [0.2, 0.25) is 10.0 Å².